The number of carboxylic acid groups (broad SMARTS) is 1. The van der Waals surface area contributed by atoms with Crippen LogP contribution in [0.5, 0.6) is 0 Å². The molecule has 178 valence electrons. The molecule has 2 atom stereocenters. The molecule has 16 heteroatoms. The molecule has 1 unspecified atom stereocenters. The van der Waals surface area contributed by atoms with E-state index in [4.69, 9.17) is 10.6 Å². The van der Waals surface area contributed by atoms with Crippen LogP contribution >= 0.6 is 46.2 Å². The third-order valence-corrected chi connectivity index (χ3v) is 8.53. The molecule has 2 aromatic heterocycles. The van der Waals surface area contributed by atoms with E-state index in [1.807, 2.05) is 0 Å². The lowest BCUT2D eigenvalue weighted by Gasteiger charge is -2.49. The van der Waals surface area contributed by atoms with Crippen molar-refractivity contribution >= 4 is 74.8 Å². The summed E-state index contributed by atoms with van der Waals surface area (Å²) in [5, 5.41) is 25.1. The topological polar surface area (TPSA) is 173 Å². The number of hydrogen-bond acceptors (Lipinski definition) is 13. The highest BCUT2D eigenvalue weighted by Gasteiger charge is 2.54. The molecule has 0 radical (unpaired) electrons. The molecule has 34 heavy (non-hydrogen) atoms. The van der Waals surface area contributed by atoms with Crippen molar-refractivity contribution in [1.82, 2.24) is 25.4 Å². The number of nitrogens with zero attached hydrogens (tertiary/aromatic N) is 5. The van der Waals surface area contributed by atoms with Crippen molar-refractivity contribution in [3.63, 3.8) is 0 Å². The number of amides is 2. The number of oxime groups is 1. The number of anilines is 1. The molecule has 0 aromatic carbocycles. The van der Waals surface area contributed by atoms with E-state index in [0.717, 1.165) is 11.3 Å². The van der Waals surface area contributed by atoms with Crippen LogP contribution in [-0.2, 0) is 19.2 Å². The maximum Gasteiger partial charge on any atom is 0.352 e. The van der Waals surface area contributed by atoms with E-state index >= 15 is 0 Å². The second-order valence-electron chi connectivity index (χ2n) is 6.71. The van der Waals surface area contributed by atoms with E-state index in [9.17, 15) is 19.5 Å². The van der Waals surface area contributed by atoms with Gasteiger partial charge >= 0.3 is 5.97 Å². The van der Waals surface area contributed by atoms with Crippen molar-refractivity contribution in [3.8, 4) is 0 Å². The van der Waals surface area contributed by atoms with Gasteiger partial charge in [0.1, 0.15) is 34.9 Å². The fourth-order valence-electron chi connectivity index (χ4n) is 3.13. The highest BCUT2D eigenvalue weighted by Crippen LogP contribution is 2.41. The number of aliphatic carboxylic acids is 1. The van der Waals surface area contributed by atoms with Gasteiger partial charge in [-0.3, -0.25) is 14.5 Å². The number of nitrogens with two attached hydrogens (primary N) is 1. The van der Waals surface area contributed by atoms with Crippen molar-refractivity contribution in [2.24, 2.45) is 5.16 Å². The maximum atomic E-state index is 12.9. The third-order valence-electron chi connectivity index (χ3n) is 4.57. The molecule has 2 aromatic rings. The number of carboxylic acids is 1. The van der Waals surface area contributed by atoms with Crippen molar-refractivity contribution in [3.05, 3.63) is 40.5 Å². The summed E-state index contributed by atoms with van der Waals surface area (Å²) in [7, 11) is 0. The Bertz CT molecular complexity index is 1180. The average molecular weight is 540 g/mol. The van der Waals surface area contributed by atoms with Crippen LogP contribution in [0.4, 0.5) is 5.13 Å². The number of carbonyl (C=O) groups excluding carboxylic acids is 2. The van der Waals surface area contributed by atoms with E-state index < -0.39 is 29.2 Å². The predicted molar refractivity (Wildman–Crippen MR) is 130 cm³/mol. The van der Waals surface area contributed by atoms with Crippen LogP contribution in [0.2, 0.25) is 0 Å². The normalized spacial score (nSPS) is 19.9. The van der Waals surface area contributed by atoms with Crippen LogP contribution in [0.25, 0.3) is 0 Å². The minimum atomic E-state index is -1.20. The highest BCUT2D eigenvalue weighted by atomic mass is 32.2. The largest absolute Gasteiger partial charge is 0.477 e. The number of thiazole rings is 1. The first-order valence-corrected chi connectivity index (χ1v) is 13.3. The molecule has 4 heterocycles. The Morgan fingerprint density at radius 1 is 1.47 bits per heavy atom. The van der Waals surface area contributed by atoms with E-state index in [0.29, 0.717) is 21.4 Å². The van der Waals surface area contributed by atoms with Gasteiger partial charge in [0.2, 0.25) is 0 Å². The molecule has 2 aliphatic heterocycles. The summed E-state index contributed by atoms with van der Waals surface area (Å²) in [6.45, 7) is 3.58. The number of β-lactam (4-membered cyclic amide) rings is 1. The first-order chi connectivity index (χ1) is 16.4. The summed E-state index contributed by atoms with van der Waals surface area (Å²) < 4.78 is 0.706. The van der Waals surface area contributed by atoms with E-state index in [2.05, 4.69) is 32.2 Å². The molecule has 1 saturated heterocycles. The van der Waals surface area contributed by atoms with Crippen LogP contribution in [0.15, 0.2) is 44.3 Å². The molecule has 0 spiro atoms. The zero-order valence-electron chi connectivity index (χ0n) is 17.2. The first kappa shape index (κ1) is 24.2. The van der Waals surface area contributed by atoms with Gasteiger partial charge in [-0.15, -0.1) is 33.3 Å². The van der Waals surface area contributed by atoms with Gasteiger partial charge < -0.3 is 21.0 Å². The molecular formula is C18H17N7O5S4. The number of nitrogen functional groups attached to an aromatic ring is 1. The average Bonchev–Trinajstić information content (AvgIpc) is 3.49. The maximum absolute atomic E-state index is 12.9. The van der Waals surface area contributed by atoms with Crippen molar-refractivity contribution in [2.45, 2.75) is 15.8 Å². The second kappa shape index (κ2) is 10.5. The lowest BCUT2D eigenvalue weighted by molar-refractivity contribution is -0.150. The lowest BCUT2D eigenvalue weighted by atomic mass is 10.0. The van der Waals surface area contributed by atoms with E-state index in [1.165, 1.54) is 45.8 Å². The SMILES string of the molecule is C=CCON=C(C(=O)NC1C(=O)N2C(C(=O)O)=C(CSc3nncs3)CS[C@H]12)c1csc(N)n1. The Balaban J connectivity index is 1.49. The molecule has 1 fully saturated rings. The van der Waals surface area contributed by atoms with Gasteiger partial charge in [-0.2, -0.15) is 0 Å². The summed E-state index contributed by atoms with van der Waals surface area (Å²) >= 11 is 5.20. The molecule has 0 aliphatic carbocycles. The second-order valence-corrected chi connectivity index (χ2v) is 10.8. The lowest BCUT2D eigenvalue weighted by Crippen LogP contribution is -2.71. The van der Waals surface area contributed by atoms with Crippen LogP contribution in [0.3, 0.4) is 0 Å². The number of hydrogen-bond donors (Lipinski definition) is 3. The van der Waals surface area contributed by atoms with E-state index in [-0.39, 0.29) is 28.8 Å². The van der Waals surface area contributed by atoms with E-state index in [1.54, 1.807) is 10.9 Å². The smallest absolute Gasteiger partial charge is 0.352 e. The molecule has 0 bridgehead atoms. The Kier molecular flexibility index (Phi) is 7.50. The summed E-state index contributed by atoms with van der Waals surface area (Å²) in [5.41, 5.74) is 7.84. The Morgan fingerprint density at radius 2 is 2.29 bits per heavy atom. The minimum Gasteiger partial charge on any atom is -0.477 e. The number of aromatic nitrogens is 3. The van der Waals surface area contributed by atoms with Gasteiger partial charge in [0.15, 0.2) is 15.2 Å². The van der Waals surface area contributed by atoms with Gasteiger partial charge in [-0.1, -0.05) is 40.9 Å². The zero-order chi connectivity index (χ0) is 24.2. The zero-order valence-corrected chi connectivity index (χ0v) is 20.5. The minimum absolute atomic E-state index is 0.0632. The number of fused-ring (bicyclic) bond motifs is 1. The summed E-state index contributed by atoms with van der Waals surface area (Å²) in [4.78, 5) is 48.1. The van der Waals surface area contributed by atoms with Crippen LogP contribution < -0.4 is 11.1 Å². The Labute approximate surface area is 209 Å². The molecule has 4 N–H and O–H groups in total. The van der Waals surface area contributed by atoms with Crippen molar-refractivity contribution in [1.29, 1.82) is 0 Å². The molecule has 2 aliphatic rings. The number of carbonyl (C=O) groups is 3. The van der Waals surface area contributed by atoms with Gasteiger partial charge in [-0.25, -0.2) is 9.78 Å². The molecular weight excluding hydrogens is 523 g/mol. The predicted octanol–water partition coefficient (Wildman–Crippen LogP) is 1.01. The Morgan fingerprint density at radius 3 is 2.94 bits per heavy atom. The van der Waals surface area contributed by atoms with Crippen LogP contribution in [0.1, 0.15) is 5.69 Å². The fraction of sp³-hybridized carbons (Fsp3) is 0.278. The standard InChI is InChI=1S/C18H17N7O5S4/c1-2-3-30-24-10(9-6-32-17(19)21-9)13(26)22-11-14(27)25-12(16(28)29)8(4-31-15(11)25)5-33-18-23-20-7-34-18/h2,6-7,11,15H,1,3-5H2,(H2,19,21)(H,22,26)(H,28,29)/t11?,15-/m1/s1. The number of nitrogens with one attached hydrogen (secondary N) is 1. The molecule has 2 amide bonds. The number of thioether (sulfide) groups is 2. The quantitative estimate of drug-likeness (QED) is 0.0982. The first-order valence-electron chi connectivity index (χ1n) is 9.52. The fourth-order valence-corrected chi connectivity index (χ4v) is 6.66. The van der Waals surface area contributed by atoms with Crippen LogP contribution in [-0.4, -0.2) is 78.2 Å². The van der Waals surface area contributed by atoms with Gasteiger partial charge in [0.25, 0.3) is 11.8 Å². The molecule has 4 rings (SSSR count). The summed E-state index contributed by atoms with van der Waals surface area (Å²) in [5.74, 6) is -1.66. The molecule has 12 nitrogen and oxygen atoms in total. The monoisotopic (exact) mass is 539 g/mol. The van der Waals surface area contributed by atoms with Gasteiger partial charge in [0.05, 0.1) is 0 Å². The van der Waals surface area contributed by atoms with Crippen molar-refractivity contribution < 1.29 is 24.3 Å². The van der Waals surface area contributed by atoms with Gasteiger partial charge in [0, 0.05) is 16.9 Å². The van der Waals surface area contributed by atoms with Gasteiger partial charge in [-0.05, 0) is 5.57 Å². The van der Waals surface area contributed by atoms with Crippen molar-refractivity contribution in [2.75, 3.05) is 23.8 Å². The molecule has 0 saturated carbocycles. The summed E-state index contributed by atoms with van der Waals surface area (Å²) in [6.07, 6.45) is 1.46. The van der Waals surface area contributed by atoms with Crippen LogP contribution in [0, 0.1) is 0 Å². The summed E-state index contributed by atoms with van der Waals surface area (Å²) in [6, 6.07) is -0.926. The highest BCUT2D eigenvalue weighted by molar-refractivity contribution is 8.01. The third kappa shape index (κ3) is 4.94. The Hall–Kier alpha value is -2.95. The number of rotatable bonds is 10.